The number of furan rings is 1. The number of benzene rings is 6. The van der Waals surface area contributed by atoms with Crippen LogP contribution in [0.4, 0.5) is 0 Å². The van der Waals surface area contributed by atoms with Gasteiger partial charge < -0.3 is 8.98 Å². The number of hydrogen-bond acceptors (Lipinski definition) is 6. The van der Waals surface area contributed by atoms with E-state index in [0.717, 1.165) is 54.9 Å². The van der Waals surface area contributed by atoms with Crippen LogP contribution in [0.1, 0.15) is 16.7 Å². The van der Waals surface area contributed by atoms with E-state index in [-0.39, 0.29) is 16.7 Å². The van der Waals surface area contributed by atoms with Crippen molar-refractivity contribution in [3.8, 4) is 57.8 Å². The smallest absolute Gasteiger partial charge is 0.160 e. The molecular formula is C43H22N6O. The molecule has 0 radical (unpaired) electrons. The average molecular weight is 639 g/mol. The number of nitriles is 3. The van der Waals surface area contributed by atoms with Gasteiger partial charge in [-0.2, -0.15) is 15.8 Å². The SMILES string of the molecule is N#Cc1cc(-c2nc(-c3ccccc3)nc(-c3ccccc3)c2C#N)cc(C#N)c1-n1c2ccccc2c2cc3oc4ccccc4c3cc21. The Kier molecular flexibility index (Phi) is 6.49. The Morgan fingerprint density at radius 1 is 0.480 bits per heavy atom. The average Bonchev–Trinajstić information content (AvgIpc) is 3.71. The van der Waals surface area contributed by atoms with Gasteiger partial charge in [-0.25, -0.2) is 9.97 Å². The summed E-state index contributed by atoms with van der Waals surface area (Å²) < 4.78 is 8.22. The van der Waals surface area contributed by atoms with E-state index in [2.05, 4.69) is 24.3 Å². The van der Waals surface area contributed by atoms with Gasteiger partial charge in [0.2, 0.25) is 0 Å². The molecule has 0 amide bonds. The van der Waals surface area contributed by atoms with Crippen molar-refractivity contribution in [1.82, 2.24) is 14.5 Å². The van der Waals surface area contributed by atoms with Crippen molar-refractivity contribution in [2.75, 3.05) is 0 Å². The van der Waals surface area contributed by atoms with Gasteiger partial charge in [0.05, 0.1) is 39.2 Å². The fraction of sp³-hybridized carbons (Fsp3) is 0. The molecule has 9 rings (SSSR count). The molecule has 0 N–H and O–H groups in total. The standard InChI is InChI=1S/C43H22N6O/c44-23-29-19-28(41-35(25-46)40(26-11-3-1-4-12-26)47-43(48-41)27-13-5-2-6-14-27)20-30(24-45)42(29)49-36-17-9-7-15-31(36)33-22-39-34(21-37(33)49)32-16-8-10-18-38(32)50-39/h1-22H. The summed E-state index contributed by atoms with van der Waals surface area (Å²) in [5.74, 6) is 0.429. The van der Waals surface area contributed by atoms with Gasteiger partial charge in [-0.15, -0.1) is 0 Å². The third kappa shape index (κ3) is 4.34. The molecule has 7 nitrogen and oxygen atoms in total. The Morgan fingerprint density at radius 3 is 1.76 bits per heavy atom. The highest BCUT2D eigenvalue weighted by molar-refractivity contribution is 6.17. The van der Waals surface area contributed by atoms with Crippen LogP contribution < -0.4 is 0 Å². The summed E-state index contributed by atoms with van der Waals surface area (Å²) in [6.45, 7) is 0. The number of aromatic nitrogens is 3. The summed E-state index contributed by atoms with van der Waals surface area (Å²) in [4.78, 5) is 9.75. The van der Waals surface area contributed by atoms with Crippen molar-refractivity contribution in [1.29, 1.82) is 15.8 Å². The lowest BCUT2D eigenvalue weighted by Gasteiger charge is -2.16. The van der Waals surface area contributed by atoms with Gasteiger partial charge in [0.1, 0.15) is 34.9 Å². The maximum absolute atomic E-state index is 10.7. The van der Waals surface area contributed by atoms with Gasteiger partial charge in [-0.05, 0) is 36.4 Å². The van der Waals surface area contributed by atoms with Gasteiger partial charge in [0.15, 0.2) is 5.82 Å². The first-order valence-electron chi connectivity index (χ1n) is 15.9. The van der Waals surface area contributed by atoms with E-state index in [0.29, 0.717) is 28.5 Å². The maximum Gasteiger partial charge on any atom is 0.160 e. The van der Waals surface area contributed by atoms with Crippen molar-refractivity contribution in [3.63, 3.8) is 0 Å². The molecule has 0 aliphatic heterocycles. The summed E-state index contributed by atoms with van der Waals surface area (Å²) in [6.07, 6.45) is 0. The van der Waals surface area contributed by atoms with Gasteiger partial charge in [-0.1, -0.05) is 97.1 Å². The highest BCUT2D eigenvalue weighted by Gasteiger charge is 2.24. The van der Waals surface area contributed by atoms with Crippen LogP contribution in [-0.2, 0) is 0 Å². The lowest BCUT2D eigenvalue weighted by atomic mass is 9.96. The molecule has 0 saturated heterocycles. The molecule has 0 aliphatic carbocycles. The van der Waals surface area contributed by atoms with Crippen LogP contribution in [0.25, 0.3) is 83.3 Å². The predicted octanol–water partition coefficient (Wildman–Crippen LogP) is 10.1. The number of fused-ring (bicyclic) bond motifs is 6. The highest BCUT2D eigenvalue weighted by atomic mass is 16.3. The molecule has 0 spiro atoms. The summed E-state index contributed by atoms with van der Waals surface area (Å²) in [5.41, 5.74) is 7.28. The number of para-hydroxylation sites is 2. The van der Waals surface area contributed by atoms with Crippen LogP contribution in [-0.4, -0.2) is 14.5 Å². The minimum atomic E-state index is 0.252. The van der Waals surface area contributed by atoms with Crippen molar-refractivity contribution in [2.24, 2.45) is 0 Å². The molecule has 0 saturated carbocycles. The summed E-state index contributed by atoms with van der Waals surface area (Å²) in [5, 5.41) is 35.8. The van der Waals surface area contributed by atoms with Gasteiger partial charge in [0, 0.05) is 38.2 Å². The largest absolute Gasteiger partial charge is 0.456 e. The zero-order chi connectivity index (χ0) is 33.8. The maximum atomic E-state index is 10.7. The van der Waals surface area contributed by atoms with E-state index in [1.54, 1.807) is 12.1 Å². The van der Waals surface area contributed by atoms with Crippen molar-refractivity contribution >= 4 is 43.7 Å². The van der Waals surface area contributed by atoms with E-state index in [9.17, 15) is 15.8 Å². The predicted molar refractivity (Wildman–Crippen MR) is 194 cm³/mol. The lowest BCUT2D eigenvalue weighted by molar-refractivity contribution is 0.669. The van der Waals surface area contributed by atoms with E-state index < -0.39 is 0 Å². The van der Waals surface area contributed by atoms with Crippen LogP contribution in [0.15, 0.2) is 138 Å². The Labute approximate surface area is 285 Å². The summed E-state index contributed by atoms with van der Waals surface area (Å²) >= 11 is 0. The molecule has 230 valence electrons. The van der Waals surface area contributed by atoms with Crippen molar-refractivity contribution in [2.45, 2.75) is 0 Å². The van der Waals surface area contributed by atoms with Gasteiger partial charge in [-0.3, -0.25) is 0 Å². The molecule has 6 aromatic carbocycles. The van der Waals surface area contributed by atoms with Crippen molar-refractivity contribution < 1.29 is 4.42 Å². The minimum Gasteiger partial charge on any atom is -0.456 e. The molecule has 3 heterocycles. The fourth-order valence-corrected chi connectivity index (χ4v) is 6.91. The Balaban J connectivity index is 1.34. The third-order valence-electron chi connectivity index (χ3n) is 9.12. The molecule has 9 aromatic rings. The molecule has 0 aliphatic rings. The van der Waals surface area contributed by atoms with Crippen LogP contribution in [0.5, 0.6) is 0 Å². The van der Waals surface area contributed by atoms with E-state index >= 15 is 0 Å². The molecule has 3 aromatic heterocycles. The zero-order valence-electron chi connectivity index (χ0n) is 26.3. The van der Waals surface area contributed by atoms with Crippen LogP contribution in [0, 0.1) is 34.0 Å². The van der Waals surface area contributed by atoms with E-state index in [1.165, 1.54) is 0 Å². The quantitative estimate of drug-likeness (QED) is 0.189. The molecule has 0 bridgehead atoms. The minimum absolute atomic E-state index is 0.252. The first-order valence-corrected chi connectivity index (χ1v) is 15.9. The molecule has 0 unspecified atom stereocenters. The van der Waals surface area contributed by atoms with Gasteiger partial charge >= 0.3 is 0 Å². The highest BCUT2D eigenvalue weighted by Crippen LogP contribution is 2.41. The summed E-state index contributed by atoms with van der Waals surface area (Å²) in [6, 6.07) is 49.5. The van der Waals surface area contributed by atoms with Crippen LogP contribution in [0.3, 0.4) is 0 Å². The Hall–Kier alpha value is -7.53. The molecule has 0 atom stereocenters. The second-order valence-electron chi connectivity index (χ2n) is 11.9. The van der Waals surface area contributed by atoms with Crippen molar-refractivity contribution in [3.05, 3.63) is 150 Å². The first kappa shape index (κ1) is 28.7. The number of rotatable bonds is 4. The van der Waals surface area contributed by atoms with E-state index in [4.69, 9.17) is 14.4 Å². The Bertz CT molecular complexity index is 2920. The third-order valence-corrected chi connectivity index (χ3v) is 9.12. The van der Waals surface area contributed by atoms with Crippen LogP contribution >= 0.6 is 0 Å². The number of hydrogen-bond donors (Lipinski definition) is 0. The molecule has 50 heavy (non-hydrogen) atoms. The van der Waals surface area contributed by atoms with Gasteiger partial charge in [0.25, 0.3) is 0 Å². The number of nitrogens with zero attached hydrogens (tertiary/aromatic N) is 6. The summed E-state index contributed by atoms with van der Waals surface area (Å²) in [7, 11) is 0. The van der Waals surface area contributed by atoms with Crippen LogP contribution in [0.2, 0.25) is 0 Å². The first-order chi connectivity index (χ1) is 24.7. The zero-order valence-corrected chi connectivity index (χ0v) is 26.3. The molecule has 7 heteroatoms. The second kappa shape index (κ2) is 11.3. The molecular weight excluding hydrogens is 617 g/mol. The molecule has 0 fully saturated rings. The fourth-order valence-electron chi connectivity index (χ4n) is 6.91. The lowest BCUT2D eigenvalue weighted by Crippen LogP contribution is -2.05. The topological polar surface area (TPSA) is 115 Å². The normalized spacial score (nSPS) is 11.1. The monoisotopic (exact) mass is 638 g/mol. The van der Waals surface area contributed by atoms with E-state index in [1.807, 2.05) is 120 Å². The Morgan fingerprint density at radius 2 is 1.08 bits per heavy atom. The second-order valence-corrected chi connectivity index (χ2v) is 11.9.